The minimum Gasteiger partial charge on any atom is -0.462 e. The molecule has 6 nitrogen and oxygen atoms in total. The Kier molecular flexibility index (Phi) is 55.3. The van der Waals surface area contributed by atoms with Gasteiger partial charge in [0.05, 0.1) is 0 Å². The summed E-state index contributed by atoms with van der Waals surface area (Å²) in [4.78, 5) is 38.2. The highest BCUT2D eigenvalue weighted by atomic mass is 16.6. The minimum atomic E-state index is -0.786. The van der Waals surface area contributed by atoms with E-state index in [1.54, 1.807) is 0 Å². The first-order chi connectivity index (χ1) is 34.5. The third-order valence-corrected chi connectivity index (χ3v) is 12.6. The van der Waals surface area contributed by atoms with E-state index in [9.17, 15) is 14.4 Å². The van der Waals surface area contributed by atoms with Gasteiger partial charge >= 0.3 is 17.9 Å². The zero-order valence-electron chi connectivity index (χ0n) is 46.0. The SMILES string of the molecule is CC/C=C\C/C=C\C/C=C\C/C=C\C/C=C\CCCCCCCC(=O)OCC(COC(=O)CCCCCCCCCCCCCC)OC(=O)CCCCCCCCCCC/C=C\C/C=C\CCCCC. The molecule has 0 bridgehead atoms. The molecule has 0 saturated heterocycles. The number of carbonyl (C=O) groups excluding carboxylic acids is 3. The van der Waals surface area contributed by atoms with Crippen LogP contribution >= 0.6 is 0 Å². The predicted octanol–water partition coefficient (Wildman–Crippen LogP) is 19.9. The predicted molar refractivity (Wildman–Crippen MR) is 302 cm³/mol. The smallest absolute Gasteiger partial charge is 0.306 e. The largest absolute Gasteiger partial charge is 0.462 e. The first kappa shape index (κ1) is 66.6. The van der Waals surface area contributed by atoms with Crippen LogP contribution in [-0.4, -0.2) is 37.2 Å². The highest BCUT2D eigenvalue weighted by Gasteiger charge is 2.19. The summed E-state index contributed by atoms with van der Waals surface area (Å²) in [7, 11) is 0. The molecule has 0 radical (unpaired) electrons. The van der Waals surface area contributed by atoms with E-state index in [1.165, 1.54) is 128 Å². The summed E-state index contributed by atoms with van der Waals surface area (Å²) in [6.07, 6.45) is 75.7. The Hall–Kier alpha value is -3.41. The van der Waals surface area contributed by atoms with E-state index in [2.05, 4.69) is 106 Å². The maximum Gasteiger partial charge on any atom is 0.306 e. The Morgan fingerprint density at radius 1 is 0.300 bits per heavy atom. The van der Waals surface area contributed by atoms with Gasteiger partial charge in [0.25, 0.3) is 0 Å². The fraction of sp³-hybridized carbons (Fsp3) is 0.734. The second-order valence-corrected chi connectivity index (χ2v) is 19.5. The van der Waals surface area contributed by atoms with Crippen LogP contribution in [0.25, 0.3) is 0 Å². The van der Waals surface area contributed by atoms with E-state index < -0.39 is 6.10 Å². The van der Waals surface area contributed by atoms with Crippen LogP contribution < -0.4 is 0 Å². The van der Waals surface area contributed by atoms with Gasteiger partial charge in [-0.2, -0.15) is 0 Å². The summed E-state index contributed by atoms with van der Waals surface area (Å²) in [5.41, 5.74) is 0. The second kappa shape index (κ2) is 58.2. The molecule has 0 aromatic heterocycles. The lowest BCUT2D eigenvalue weighted by Crippen LogP contribution is -2.30. The van der Waals surface area contributed by atoms with Gasteiger partial charge in [-0.05, 0) is 96.3 Å². The van der Waals surface area contributed by atoms with Crippen molar-refractivity contribution >= 4 is 17.9 Å². The molecule has 0 aliphatic heterocycles. The fourth-order valence-corrected chi connectivity index (χ4v) is 8.21. The first-order valence-corrected chi connectivity index (χ1v) is 29.6. The normalized spacial score (nSPS) is 12.7. The summed E-state index contributed by atoms with van der Waals surface area (Å²) in [6, 6.07) is 0. The van der Waals surface area contributed by atoms with Crippen LogP contribution in [0.15, 0.2) is 85.1 Å². The zero-order chi connectivity index (χ0) is 50.7. The van der Waals surface area contributed by atoms with Crippen molar-refractivity contribution in [2.45, 2.75) is 290 Å². The lowest BCUT2D eigenvalue weighted by atomic mass is 10.0. The molecular formula is C64H110O6. The van der Waals surface area contributed by atoms with E-state index in [4.69, 9.17) is 14.2 Å². The number of ether oxygens (including phenoxy) is 3. The standard InChI is InChI=1S/C64H110O6/c1-4-7-10-13-16-19-22-25-27-29-31-32-34-35-37-39-42-45-48-51-54-57-63(66)69-60-61(59-68-62(65)56-53-50-47-44-41-24-21-18-15-12-9-6-3)70-64(67)58-55-52-49-46-43-40-38-36-33-30-28-26-23-20-17-14-11-8-5-2/h7,10,16-17,19-20,25-28,31-32,35,37,61H,4-6,8-9,11-15,18,21-24,29-30,33-34,36,38-60H2,1-3H3/b10-7-,19-16-,20-17-,27-25-,28-26-,32-31-,37-35-. The number of carbonyl (C=O) groups is 3. The summed E-state index contributed by atoms with van der Waals surface area (Å²) in [5, 5.41) is 0. The molecule has 6 heteroatoms. The lowest BCUT2D eigenvalue weighted by Gasteiger charge is -2.18. The van der Waals surface area contributed by atoms with Crippen molar-refractivity contribution in [3.05, 3.63) is 85.1 Å². The average Bonchev–Trinajstić information content (AvgIpc) is 3.36. The number of unbranched alkanes of at least 4 members (excludes halogenated alkanes) is 28. The summed E-state index contributed by atoms with van der Waals surface area (Å²) >= 11 is 0. The van der Waals surface area contributed by atoms with Crippen LogP contribution in [0.3, 0.4) is 0 Å². The van der Waals surface area contributed by atoms with E-state index in [0.717, 1.165) is 116 Å². The maximum absolute atomic E-state index is 12.9. The van der Waals surface area contributed by atoms with Gasteiger partial charge in [-0.15, -0.1) is 0 Å². The van der Waals surface area contributed by atoms with E-state index >= 15 is 0 Å². The highest BCUT2D eigenvalue weighted by molar-refractivity contribution is 5.71. The molecule has 0 spiro atoms. The number of allylic oxidation sites excluding steroid dienone is 14. The van der Waals surface area contributed by atoms with E-state index in [-0.39, 0.29) is 31.1 Å². The average molecular weight is 976 g/mol. The van der Waals surface area contributed by atoms with Crippen LogP contribution in [0.2, 0.25) is 0 Å². The van der Waals surface area contributed by atoms with Crippen LogP contribution in [0, 0.1) is 0 Å². The summed E-state index contributed by atoms with van der Waals surface area (Å²) in [5.74, 6) is -0.898. The Morgan fingerprint density at radius 3 is 0.900 bits per heavy atom. The number of rotatable bonds is 53. The molecule has 1 atom stereocenters. The third-order valence-electron chi connectivity index (χ3n) is 12.6. The maximum atomic E-state index is 12.9. The van der Waals surface area contributed by atoms with Gasteiger partial charge in [-0.1, -0.05) is 254 Å². The van der Waals surface area contributed by atoms with Crippen LogP contribution in [-0.2, 0) is 28.6 Å². The van der Waals surface area contributed by atoms with Gasteiger partial charge in [-0.25, -0.2) is 0 Å². The quantitative estimate of drug-likeness (QED) is 0.0261. The third kappa shape index (κ3) is 55.5. The van der Waals surface area contributed by atoms with Crippen LogP contribution in [0.4, 0.5) is 0 Å². The van der Waals surface area contributed by atoms with Crippen molar-refractivity contribution in [2.75, 3.05) is 13.2 Å². The molecule has 0 amide bonds. The van der Waals surface area contributed by atoms with Crippen molar-refractivity contribution in [3.63, 3.8) is 0 Å². The van der Waals surface area contributed by atoms with Crippen molar-refractivity contribution in [1.29, 1.82) is 0 Å². The molecule has 0 N–H and O–H groups in total. The molecule has 0 saturated carbocycles. The molecule has 402 valence electrons. The Bertz CT molecular complexity index is 1350. The Morgan fingerprint density at radius 2 is 0.557 bits per heavy atom. The summed E-state index contributed by atoms with van der Waals surface area (Å²) in [6.45, 7) is 6.50. The zero-order valence-corrected chi connectivity index (χ0v) is 46.0. The first-order valence-electron chi connectivity index (χ1n) is 29.6. The van der Waals surface area contributed by atoms with E-state index in [1.807, 2.05) is 0 Å². The molecule has 0 heterocycles. The topological polar surface area (TPSA) is 78.9 Å². The Balaban J connectivity index is 4.39. The number of hydrogen-bond acceptors (Lipinski definition) is 6. The fourth-order valence-electron chi connectivity index (χ4n) is 8.21. The molecule has 0 aliphatic rings. The molecule has 70 heavy (non-hydrogen) atoms. The molecule has 0 fully saturated rings. The Labute approximate surface area is 433 Å². The molecule has 0 aromatic carbocycles. The molecular weight excluding hydrogens is 865 g/mol. The van der Waals surface area contributed by atoms with Crippen LogP contribution in [0.5, 0.6) is 0 Å². The van der Waals surface area contributed by atoms with Crippen LogP contribution in [0.1, 0.15) is 284 Å². The van der Waals surface area contributed by atoms with Crippen molar-refractivity contribution in [1.82, 2.24) is 0 Å². The number of esters is 3. The van der Waals surface area contributed by atoms with Gasteiger partial charge in [-0.3, -0.25) is 14.4 Å². The van der Waals surface area contributed by atoms with Gasteiger partial charge in [0.1, 0.15) is 13.2 Å². The number of hydrogen-bond donors (Lipinski definition) is 0. The highest BCUT2D eigenvalue weighted by Crippen LogP contribution is 2.15. The van der Waals surface area contributed by atoms with Gasteiger partial charge in [0.2, 0.25) is 0 Å². The van der Waals surface area contributed by atoms with Crippen molar-refractivity contribution in [2.24, 2.45) is 0 Å². The molecule has 0 aromatic rings. The van der Waals surface area contributed by atoms with E-state index in [0.29, 0.717) is 19.3 Å². The molecule has 1 unspecified atom stereocenters. The summed E-state index contributed by atoms with van der Waals surface area (Å²) < 4.78 is 16.9. The minimum absolute atomic E-state index is 0.0825. The van der Waals surface area contributed by atoms with Gasteiger partial charge < -0.3 is 14.2 Å². The van der Waals surface area contributed by atoms with Crippen molar-refractivity contribution < 1.29 is 28.6 Å². The monoisotopic (exact) mass is 975 g/mol. The van der Waals surface area contributed by atoms with Gasteiger partial charge in [0, 0.05) is 19.3 Å². The van der Waals surface area contributed by atoms with Crippen molar-refractivity contribution in [3.8, 4) is 0 Å². The molecule has 0 rings (SSSR count). The van der Waals surface area contributed by atoms with Gasteiger partial charge in [0.15, 0.2) is 6.10 Å². The lowest BCUT2D eigenvalue weighted by molar-refractivity contribution is -0.167. The molecule has 0 aliphatic carbocycles. The second-order valence-electron chi connectivity index (χ2n) is 19.5.